The fraction of sp³-hybridized carbons (Fsp3) is 0.192. The molecule has 3 aromatic carbocycles. The van der Waals surface area contributed by atoms with Crippen LogP contribution in [0.25, 0.3) is 22.6 Å². The average Bonchev–Trinajstić information content (AvgIpc) is 3.29. The molecule has 7 nitrogen and oxygen atoms in total. The number of hydrogen-bond donors (Lipinski definition) is 3. The first-order valence-corrected chi connectivity index (χ1v) is 12.6. The van der Waals surface area contributed by atoms with Gasteiger partial charge in [-0.3, -0.25) is 4.72 Å². The third kappa shape index (κ3) is 5.84. The molecule has 34 heavy (non-hydrogen) atoms. The van der Waals surface area contributed by atoms with E-state index in [4.69, 9.17) is 9.72 Å². The fourth-order valence-electron chi connectivity index (χ4n) is 3.62. The molecule has 0 aliphatic rings. The van der Waals surface area contributed by atoms with Crippen molar-refractivity contribution in [2.75, 3.05) is 18.4 Å². The third-order valence-corrected chi connectivity index (χ3v) is 6.56. The zero-order valence-electron chi connectivity index (χ0n) is 19.2. The standard InChI is InChI=1S/C26H28N4O3S/c1-3-19-9-13-22(14-10-19)30-34(31,32)27-18-17-24-25(20-11-15-23(33-2)16-12-20)29-26(28-24)21-7-5-4-6-8-21/h4-16,27,30H,3,17-18H2,1-2H3,(H,28,29). The fourth-order valence-corrected chi connectivity index (χ4v) is 4.51. The molecule has 0 fully saturated rings. The van der Waals surface area contributed by atoms with E-state index in [-0.39, 0.29) is 6.54 Å². The van der Waals surface area contributed by atoms with E-state index >= 15 is 0 Å². The monoisotopic (exact) mass is 476 g/mol. The molecule has 0 amide bonds. The molecule has 176 valence electrons. The maximum absolute atomic E-state index is 12.5. The van der Waals surface area contributed by atoms with E-state index in [1.165, 1.54) is 0 Å². The number of nitrogens with one attached hydrogen (secondary N) is 3. The van der Waals surface area contributed by atoms with Crippen molar-refractivity contribution in [3.8, 4) is 28.4 Å². The lowest BCUT2D eigenvalue weighted by Crippen LogP contribution is -2.31. The number of aromatic nitrogens is 2. The molecule has 4 rings (SSSR count). The molecule has 0 saturated carbocycles. The van der Waals surface area contributed by atoms with E-state index in [9.17, 15) is 8.42 Å². The maximum atomic E-state index is 12.5. The summed E-state index contributed by atoms with van der Waals surface area (Å²) in [6.45, 7) is 2.25. The smallest absolute Gasteiger partial charge is 0.299 e. The zero-order chi connectivity index (χ0) is 24.0. The van der Waals surface area contributed by atoms with Crippen molar-refractivity contribution in [1.82, 2.24) is 14.7 Å². The van der Waals surface area contributed by atoms with Gasteiger partial charge in [-0.05, 0) is 48.4 Å². The molecule has 1 aromatic heterocycles. The molecule has 0 atom stereocenters. The Morgan fingerprint density at radius 1 is 0.912 bits per heavy atom. The number of imidazole rings is 1. The first-order chi connectivity index (χ1) is 16.5. The average molecular weight is 477 g/mol. The SMILES string of the molecule is CCc1ccc(NS(=O)(=O)NCCc2nc(-c3ccccc3)[nH]c2-c2ccc(OC)cc2)cc1. The molecule has 3 N–H and O–H groups in total. The van der Waals surface area contributed by atoms with Gasteiger partial charge in [0.15, 0.2) is 0 Å². The van der Waals surface area contributed by atoms with E-state index in [1.54, 1.807) is 19.2 Å². The second-order valence-electron chi connectivity index (χ2n) is 7.80. The van der Waals surface area contributed by atoms with Crippen molar-refractivity contribution in [2.45, 2.75) is 19.8 Å². The van der Waals surface area contributed by atoms with Crippen molar-refractivity contribution in [1.29, 1.82) is 0 Å². The highest BCUT2D eigenvalue weighted by molar-refractivity contribution is 7.90. The van der Waals surface area contributed by atoms with Gasteiger partial charge in [0, 0.05) is 29.8 Å². The van der Waals surface area contributed by atoms with Crippen molar-refractivity contribution in [2.24, 2.45) is 0 Å². The Bertz CT molecular complexity index is 1320. The van der Waals surface area contributed by atoms with Crippen LogP contribution in [0, 0.1) is 0 Å². The topological polar surface area (TPSA) is 96.1 Å². The van der Waals surface area contributed by atoms with Crippen LogP contribution in [0.4, 0.5) is 5.69 Å². The summed E-state index contributed by atoms with van der Waals surface area (Å²) in [4.78, 5) is 8.19. The normalized spacial score (nSPS) is 11.4. The number of benzene rings is 3. The van der Waals surface area contributed by atoms with Crippen LogP contribution in [0.2, 0.25) is 0 Å². The Kier molecular flexibility index (Phi) is 7.30. The van der Waals surface area contributed by atoms with Gasteiger partial charge in [0.05, 0.1) is 18.5 Å². The second kappa shape index (κ2) is 10.5. The molecule has 1 heterocycles. The minimum atomic E-state index is -3.71. The number of anilines is 1. The van der Waals surface area contributed by atoms with Gasteiger partial charge >= 0.3 is 0 Å². The summed E-state index contributed by atoms with van der Waals surface area (Å²) in [5.41, 5.74) is 5.20. The van der Waals surface area contributed by atoms with Crippen molar-refractivity contribution in [3.63, 3.8) is 0 Å². The number of H-pyrrole nitrogens is 1. The van der Waals surface area contributed by atoms with Crippen LogP contribution < -0.4 is 14.2 Å². The van der Waals surface area contributed by atoms with Gasteiger partial charge in [0.25, 0.3) is 10.2 Å². The number of methoxy groups -OCH3 is 1. The molecule has 0 aliphatic heterocycles. The predicted molar refractivity (Wildman–Crippen MR) is 136 cm³/mol. The summed E-state index contributed by atoms with van der Waals surface area (Å²) in [6.07, 6.45) is 1.32. The highest BCUT2D eigenvalue weighted by atomic mass is 32.2. The van der Waals surface area contributed by atoms with E-state index in [1.807, 2.05) is 66.7 Å². The molecule has 0 unspecified atom stereocenters. The van der Waals surface area contributed by atoms with Crippen molar-refractivity contribution < 1.29 is 13.2 Å². The number of ether oxygens (including phenoxy) is 1. The van der Waals surface area contributed by atoms with E-state index < -0.39 is 10.2 Å². The van der Waals surface area contributed by atoms with Gasteiger partial charge in [-0.1, -0.05) is 49.4 Å². The van der Waals surface area contributed by atoms with Crippen LogP contribution in [-0.2, 0) is 23.1 Å². The summed E-state index contributed by atoms with van der Waals surface area (Å²) in [5.74, 6) is 1.50. The second-order valence-corrected chi connectivity index (χ2v) is 9.30. The summed E-state index contributed by atoms with van der Waals surface area (Å²) in [5, 5.41) is 0. The van der Waals surface area contributed by atoms with Crippen LogP contribution in [0.5, 0.6) is 5.75 Å². The molecule has 0 aliphatic carbocycles. The van der Waals surface area contributed by atoms with Crippen LogP contribution in [0.15, 0.2) is 78.9 Å². The highest BCUT2D eigenvalue weighted by Crippen LogP contribution is 2.28. The van der Waals surface area contributed by atoms with Crippen LogP contribution in [0.1, 0.15) is 18.2 Å². The summed E-state index contributed by atoms with van der Waals surface area (Å²) < 4.78 is 35.5. The molecular formula is C26H28N4O3S. The Hall–Kier alpha value is -3.62. The maximum Gasteiger partial charge on any atom is 0.299 e. The minimum Gasteiger partial charge on any atom is -0.497 e. The molecule has 0 bridgehead atoms. The summed E-state index contributed by atoms with van der Waals surface area (Å²) in [6, 6.07) is 24.9. The number of hydrogen-bond acceptors (Lipinski definition) is 4. The van der Waals surface area contributed by atoms with Gasteiger partial charge in [-0.15, -0.1) is 0 Å². The lowest BCUT2D eigenvalue weighted by molar-refractivity contribution is 0.415. The third-order valence-electron chi connectivity index (χ3n) is 5.47. The summed E-state index contributed by atoms with van der Waals surface area (Å²) >= 11 is 0. The van der Waals surface area contributed by atoms with Crippen molar-refractivity contribution >= 4 is 15.9 Å². The lowest BCUT2D eigenvalue weighted by Gasteiger charge is -2.10. The number of aromatic amines is 1. The Balaban J connectivity index is 1.51. The van der Waals surface area contributed by atoms with Crippen LogP contribution in [0.3, 0.4) is 0 Å². The first kappa shape index (κ1) is 23.5. The number of rotatable bonds is 10. The predicted octanol–water partition coefficient (Wildman–Crippen LogP) is 4.80. The van der Waals surface area contributed by atoms with E-state index in [0.29, 0.717) is 12.1 Å². The van der Waals surface area contributed by atoms with Gasteiger partial charge in [-0.25, -0.2) is 4.98 Å². The van der Waals surface area contributed by atoms with Gasteiger partial charge in [0.1, 0.15) is 11.6 Å². The molecule has 0 radical (unpaired) electrons. The van der Waals surface area contributed by atoms with Gasteiger partial charge in [0.2, 0.25) is 0 Å². The largest absolute Gasteiger partial charge is 0.497 e. The van der Waals surface area contributed by atoms with Crippen LogP contribution in [-0.4, -0.2) is 32.0 Å². The molecule has 0 saturated heterocycles. The van der Waals surface area contributed by atoms with Crippen LogP contribution >= 0.6 is 0 Å². The Morgan fingerprint density at radius 2 is 1.62 bits per heavy atom. The van der Waals surface area contributed by atoms with Gasteiger partial charge < -0.3 is 9.72 Å². The zero-order valence-corrected chi connectivity index (χ0v) is 20.0. The lowest BCUT2D eigenvalue weighted by atomic mass is 10.1. The first-order valence-electron chi connectivity index (χ1n) is 11.1. The Morgan fingerprint density at radius 3 is 2.26 bits per heavy atom. The molecule has 4 aromatic rings. The quantitative estimate of drug-likeness (QED) is 0.306. The van der Waals surface area contributed by atoms with E-state index in [0.717, 1.165) is 46.1 Å². The molecule has 8 heteroatoms. The van der Waals surface area contributed by atoms with Gasteiger partial charge in [-0.2, -0.15) is 13.1 Å². The number of aryl methyl sites for hydroxylation is 1. The Labute approximate surface area is 200 Å². The minimum absolute atomic E-state index is 0.199. The summed E-state index contributed by atoms with van der Waals surface area (Å²) in [7, 11) is -2.08. The van der Waals surface area contributed by atoms with Crippen molar-refractivity contribution in [3.05, 3.63) is 90.1 Å². The molecule has 0 spiro atoms. The number of nitrogens with zero attached hydrogens (tertiary/aromatic N) is 1. The highest BCUT2D eigenvalue weighted by Gasteiger charge is 2.15. The van der Waals surface area contributed by atoms with E-state index in [2.05, 4.69) is 21.4 Å². The molecular weight excluding hydrogens is 448 g/mol.